The van der Waals surface area contributed by atoms with Gasteiger partial charge in [-0.25, -0.2) is 4.79 Å². The van der Waals surface area contributed by atoms with Crippen molar-refractivity contribution in [1.29, 1.82) is 0 Å². The minimum absolute atomic E-state index is 0.133. The van der Waals surface area contributed by atoms with E-state index < -0.39 is 5.63 Å². The van der Waals surface area contributed by atoms with E-state index in [4.69, 9.17) is 9.15 Å². The van der Waals surface area contributed by atoms with Crippen molar-refractivity contribution in [2.45, 2.75) is 0 Å². The molecular formula is C18H16N2O4. The summed E-state index contributed by atoms with van der Waals surface area (Å²) >= 11 is 0. The zero-order chi connectivity index (χ0) is 16.9. The van der Waals surface area contributed by atoms with E-state index in [1.165, 1.54) is 6.07 Å². The van der Waals surface area contributed by atoms with Crippen LogP contribution in [0.25, 0.3) is 11.0 Å². The van der Waals surface area contributed by atoms with E-state index in [1.54, 1.807) is 31.4 Å². The number of ether oxygens (including phenoxy) is 1. The molecule has 24 heavy (non-hydrogen) atoms. The first-order chi connectivity index (χ1) is 11.6. The molecule has 0 aliphatic heterocycles. The molecule has 0 aliphatic rings. The van der Waals surface area contributed by atoms with E-state index in [1.807, 2.05) is 24.3 Å². The first-order valence-corrected chi connectivity index (χ1v) is 7.36. The van der Waals surface area contributed by atoms with Gasteiger partial charge in [0.2, 0.25) is 5.91 Å². The number of hydrogen-bond acceptors (Lipinski definition) is 5. The summed E-state index contributed by atoms with van der Waals surface area (Å²) in [6.07, 6.45) is 0. The van der Waals surface area contributed by atoms with Gasteiger partial charge in [-0.2, -0.15) is 0 Å². The van der Waals surface area contributed by atoms with Crippen LogP contribution < -0.4 is 21.0 Å². The van der Waals surface area contributed by atoms with Crippen LogP contribution in [0.5, 0.6) is 5.75 Å². The quantitative estimate of drug-likeness (QED) is 0.705. The molecule has 0 aliphatic carbocycles. The van der Waals surface area contributed by atoms with Gasteiger partial charge in [0.05, 0.1) is 13.7 Å². The Morgan fingerprint density at radius 3 is 2.54 bits per heavy atom. The van der Waals surface area contributed by atoms with Gasteiger partial charge in [0.25, 0.3) is 0 Å². The molecule has 6 nitrogen and oxygen atoms in total. The Labute approximate surface area is 138 Å². The van der Waals surface area contributed by atoms with Gasteiger partial charge in [-0.05, 0) is 48.5 Å². The Balaban J connectivity index is 1.61. The highest BCUT2D eigenvalue weighted by atomic mass is 16.5. The minimum Gasteiger partial charge on any atom is -0.497 e. The summed E-state index contributed by atoms with van der Waals surface area (Å²) in [6, 6.07) is 15.4. The molecule has 6 heteroatoms. The van der Waals surface area contributed by atoms with Crippen LogP contribution >= 0.6 is 0 Å². The van der Waals surface area contributed by atoms with Crippen LogP contribution in [-0.2, 0) is 4.79 Å². The van der Waals surface area contributed by atoms with Gasteiger partial charge in [0, 0.05) is 22.8 Å². The lowest BCUT2D eigenvalue weighted by atomic mass is 10.2. The SMILES string of the molecule is COc1ccc(NCC(=O)Nc2ccc3oc(=O)ccc3c2)cc1. The largest absolute Gasteiger partial charge is 0.497 e. The standard InChI is InChI=1S/C18H16N2O4/c1-23-15-6-3-13(4-7-15)19-11-17(21)20-14-5-8-16-12(10-14)2-9-18(22)24-16/h2-10,19H,11H2,1H3,(H,20,21). The number of carbonyl (C=O) groups is 1. The van der Waals surface area contributed by atoms with Crippen LogP contribution in [0.4, 0.5) is 11.4 Å². The van der Waals surface area contributed by atoms with Gasteiger partial charge in [0.15, 0.2) is 0 Å². The third kappa shape index (κ3) is 3.73. The number of hydrogen-bond donors (Lipinski definition) is 2. The normalized spacial score (nSPS) is 10.4. The Bertz CT molecular complexity index is 916. The molecule has 0 atom stereocenters. The zero-order valence-corrected chi connectivity index (χ0v) is 13.0. The van der Waals surface area contributed by atoms with Crippen molar-refractivity contribution in [2.24, 2.45) is 0 Å². The molecule has 1 heterocycles. The number of methoxy groups -OCH3 is 1. The number of fused-ring (bicyclic) bond motifs is 1. The van der Waals surface area contributed by atoms with Crippen LogP contribution in [0.15, 0.2) is 63.8 Å². The molecule has 0 saturated carbocycles. The lowest BCUT2D eigenvalue weighted by Crippen LogP contribution is -2.21. The third-order valence-electron chi connectivity index (χ3n) is 3.45. The molecule has 2 aromatic carbocycles. The average molecular weight is 324 g/mol. The fourth-order valence-corrected chi connectivity index (χ4v) is 2.25. The molecule has 0 bridgehead atoms. The van der Waals surface area contributed by atoms with Crippen molar-refractivity contribution >= 4 is 28.3 Å². The smallest absolute Gasteiger partial charge is 0.336 e. The van der Waals surface area contributed by atoms with Gasteiger partial charge in [-0.1, -0.05) is 0 Å². The first-order valence-electron chi connectivity index (χ1n) is 7.36. The molecule has 0 unspecified atom stereocenters. The van der Waals surface area contributed by atoms with Crippen LogP contribution in [0.1, 0.15) is 0 Å². The summed E-state index contributed by atoms with van der Waals surface area (Å²) in [5.41, 5.74) is 1.55. The molecule has 3 rings (SSSR count). The van der Waals surface area contributed by atoms with Gasteiger partial charge >= 0.3 is 5.63 Å². The van der Waals surface area contributed by atoms with Gasteiger partial charge < -0.3 is 19.8 Å². The molecule has 1 amide bonds. The Kier molecular flexibility index (Phi) is 4.47. The summed E-state index contributed by atoms with van der Waals surface area (Å²) in [7, 11) is 1.60. The number of benzene rings is 2. The molecular weight excluding hydrogens is 308 g/mol. The van der Waals surface area contributed by atoms with E-state index in [0.29, 0.717) is 11.3 Å². The van der Waals surface area contributed by atoms with Crippen molar-refractivity contribution in [3.63, 3.8) is 0 Å². The van der Waals surface area contributed by atoms with Gasteiger partial charge in [-0.3, -0.25) is 4.79 Å². The highest BCUT2D eigenvalue weighted by molar-refractivity contribution is 5.95. The monoisotopic (exact) mass is 324 g/mol. The number of amides is 1. The Morgan fingerprint density at radius 2 is 1.79 bits per heavy atom. The molecule has 0 saturated heterocycles. The number of carbonyl (C=O) groups excluding carboxylic acids is 1. The second-order valence-electron chi connectivity index (χ2n) is 5.14. The number of anilines is 2. The molecule has 0 fully saturated rings. The van der Waals surface area contributed by atoms with Gasteiger partial charge in [0.1, 0.15) is 11.3 Å². The summed E-state index contributed by atoms with van der Waals surface area (Å²) in [5, 5.41) is 6.57. The molecule has 2 N–H and O–H groups in total. The molecule has 3 aromatic rings. The van der Waals surface area contributed by atoms with Crippen molar-refractivity contribution in [3.8, 4) is 5.75 Å². The average Bonchev–Trinajstić information content (AvgIpc) is 2.60. The van der Waals surface area contributed by atoms with E-state index in [2.05, 4.69) is 10.6 Å². The molecule has 0 radical (unpaired) electrons. The topological polar surface area (TPSA) is 80.6 Å². The molecule has 122 valence electrons. The van der Waals surface area contributed by atoms with E-state index in [-0.39, 0.29) is 12.5 Å². The number of rotatable bonds is 5. The van der Waals surface area contributed by atoms with E-state index in [9.17, 15) is 9.59 Å². The Hall–Kier alpha value is -3.28. The van der Waals surface area contributed by atoms with Crippen molar-refractivity contribution in [3.05, 3.63) is 65.0 Å². The summed E-state index contributed by atoms with van der Waals surface area (Å²) in [5.74, 6) is 0.579. The number of nitrogens with one attached hydrogen (secondary N) is 2. The predicted octanol–water partition coefficient (Wildman–Crippen LogP) is 2.85. The summed E-state index contributed by atoms with van der Waals surface area (Å²) in [4.78, 5) is 23.2. The highest BCUT2D eigenvalue weighted by Crippen LogP contribution is 2.18. The van der Waals surface area contributed by atoms with Gasteiger partial charge in [-0.15, -0.1) is 0 Å². The second-order valence-corrected chi connectivity index (χ2v) is 5.14. The fourth-order valence-electron chi connectivity index (χ4n) is 2.25. The van der Waals surface area contributed by atoms with Crippen molar-refractivity contribution in [1.82, 2.24) is 0 Å². The van der Waals surface area contributed by atoms with Crippen LogP contribution in [0, 0.1) is 0 Å². The molecule has 1 aromatic heterocycles. The lowest BCUT2D eigenvalue weighted by Gasteiger charge is -2.09. The van der Waals surface area contributed by atoms with E-state index in [0.717, 1.165) is 16.8 Å². The summed E-state index contributed by atoms with van der Waals surface area (Å²) < 4.78 is 10.1. The molecule has 0 spiro atoms. The zero-order valence-electron chi connectivity index (χ0n) is 13.0. The van der Waals surface area contributed by atoms with Crippen molar-refractivity contribution < 1.29 is 13.9 Å². The maximum atomic E-state index is 12.0. The third-order valence-corrected chi connectivity index (χ3v) is 3.45. The van der Waals surface area contributed by atoms with E-state index >= 15 is 0 Å². The Morgan fingerprint density at radius 1 is 1.04 bits per heavy atom. The fraction of sp³-hybridized carbons (Fsp3) is 0.111. The first kappa shape index (κ1) is 15.6. The maximum absolute atomic E-state index is 12.0. The van der Waals surface area contributed by atoms with Crippen LogP contribution in [0.3, 0.4) is 0 Å². The second kappa shape index (κ2) is 6.87. The van der Waals surface area contributed by atoms with Crippen LogP contribution in [-0.4, -0.2) is 19.6 Å². The maximum Gasteiger partial charge on any atom is 0.336 e. The highest BCUT2D eigenvalue weighted by Gasteiger charge is 2.04. The minimum atomic E-state index is -0.400. The summed E-state index contributed by atoms with van der Waals surface area (Å²) in [6.45, 7) is 0.133. The van der Waals surface area contributed by atoms with Crippen LogP contribution in [0.2, 0.25) is 0 Å². The lowest BCUT2D eigenvalue weighted by molar-refractivity contribution is -0.114. The predicted molar refractivity (Wildman–Crippen MR) is 92.6 cm³/mol. The van der Waals surface area contributed by atoms with Crippen molar-refractivity contribution in [2.75, 3.05) is 24.3 Å².